The molecule has 122 valence electrons. The van der Waals surface area contributed by atoms with Gasteiger partial charge in [-0.05, 0) is 13.0 Å². The second kappa shape index (κ2) is 5.84. The number of alkyl halides is 3. The van der Waals surface area contributed by atoms with E-state index in [0.29, 0.717) is 21.9 Å². The molecule has 0 radical (unpaired) electrons. The minimum Gasteiger partial charge on any atom is -0.492 e. The molecular weight excluding hydrogens is 329 g/mol. The SMILES string of the molecule is Cc1csc(N(CC(F)(F)F)C(=O)[C@H]2COc3ccccc32)n1. The van der Waals surface area contributed by atoms with Crippen LogP contribution in [0.4, 0.5) is 18.3 Å². The summed E-state index contributed by atoms with van der Waals surface area (Å²) in [5, 5.41) is 1.67. The van der Waals surface area contributed by atoms with Gasteiger partial charge in [0.1, 0.15) is 24.8 Å². The van der Waals surface area contributed by atoms with Crippen LogP contribution in [0.25, 0.3) is 0 Å². The van der Waals surface area contributed by atoms with Crippen LogP contribution < -0.4 is 9.64 Å². The predicted octanol–water partition coefficient (Wildman–Crippen LogP) is 3.52. The molecule has 1 atom stereocenters. The average Bonchev–Trinajstić information content (AvgIpc) is 3.09. The van der Waals surface area contributed by atoms with Crippen molar-refractivity contribution in [1.82, 2.24) is 4.98 Å². The van der Waals surface area contributed by atoms with E-state index in [9.17, 15) is 18.0 Å². The van der Waals surface area contributed by atoms with Crippen LogP contribution in [-0.2, 0) is 4.79 Å². The maximum atomic E-state index is 12.9. The Balaban J connectivity index is 1.92. The van der Waals surface area contributed by atoms with Crippen molar-refractivity contribution in [3.63, 3.8) is 0 Å². The molecule has 0 saturated heterocycles. The highest BCUT2D eigenvalue weighted by Gasteiger charge is 2.40. The zero-order chi connectivity index (χ0) is 16.6. The summed E-state index contributed by atoms with van der Waals surface area (Å²) in [6.45, 7) is 0.346. The first-order chi connectivity index (χ1) is 10.8. The lowest BCUT2D eigenvalue weighted by Crippen LogP contribution is -2.42. The van der Waals surface area contributed by atoms with Crippen LogP contribution in [0.5, 0.6) is 5.75 Å². The Bertz CT molecular complexity index is 730. The standard InChI is InChI=1S/C15H13F3N2O2S/c1-9-7-23-14(19-9)20(8-15(16,17)18)13(21)11-6-22-12-5-3-2-4-10(11)12/h2-5,7,11H,6,8H2,1H3/t11-/m0/s1. The van der Waals surface area contributed by atoms with Gasteiger partial charge in [0.05, 0.1) is 5.69 Å². The Labute approximate surface area is 134 Å². The lowest BCUT2D eigenvalue weighted by molar-refractivity contribution is -0.133. The third-order valence-electron chi connectivity index (χ3n) is 3.44. The van der Waals surface area contributed by atoms with E-state index in [1.54, 1.807) is 36.6 Å². The van der Waals surface area contributed by atoms with Gasteiger partial charge in [0, 0.05) is 10.9 Å². The van der Waals surface area contributed by atoms with Gasteiger partial charge in [0.2, 0.25) is 5.91 Å². The van der Waals surface area contributed by atoms with Crippen molar-refractivity contribution in [2.75, 3.05) is 18.1 Å². The van der Waals surface area contributed by atoms with Crippen molar-refractivity contribution >= 4 is 22.4 Å². The topological polar surface area (TPSA) is 42.4 Å². The van der Waals surface area contributed by atoms with E-state index < -0.39 is 24.5 Å². The number of rotatable bonds is 3. The van der Waals surface area contributed by atoms with Crippen LogP contribution in [0.2, 0.25) is 0 Å². The van der Waals surface area contributed by atoms with Gasteiger partial charge in [-0.1, -0.05) is 18.2 Å². The van der Waals surface area contributed by atoms with Crippen molar-refractivity contribution in [2.45, 2.75) is 19.0 Å². The van der Waals surface area contributed by atoms with Crippen LogP contribution in [0.1, 0.15) is 17.2 Å². The predicted molar refractivity (Wildman–Crippen MR) is 79.9 cm³/mol. The summed E-state index contributed by atoms with van der Waals surface area (Å²) in [7, 11) is 0. The quantitative estimate of drug-likeness (QED) is 0.857. The van der Waals surface area contributed by atoms with Crippen LogP contribution in [0.15, 0.2) is 29.6 Å². The number of nitrogens with zero attached hydrogens (tertiary/aromatic N) is 2. The summed E-state index contributed by atoms with van der Waals surface area (Å²) in [4.78, 5) is 17.4. The smallest absolute Gasteiger partial charge is 0.406 e. The first kappa shape index (κ1) is 15.8. The molecule has 2 heterocycles. The molecule has 4 nitrogen and oxygen atoms in total. The fraction of sp³-hybridized carbons (Fsp3) is 0.333. The number of halogens is 3. The van der Waals surface area contributed by atoms with E-state index in [0.717, 1.165) is 11.3 Å². The van der Waals surface area contributed by atoms with Crippen LogP contribution in [0, 0.1) is 6.92 Å². The summed E-state index contributed by atoms with van der Waals surface area (Å²) < 4.78 is 44.1. The van der Waals surface area contributed by atoms with Crippen LogP contribution >= 0.6 is 11.3 Å². The minimum atomic E-state index is -4.51. The Hall–Kier alpha value is -2.09. The summed E-state index contributed by atoms with van der Waals surface area (Å²) in [5.41, 5.74) is 1.19. The summed E-state index contributed by atoms with van der Waals surface area (Å²) >= 11 is 1.02. The Morgan fingerprint density at radius 1 is 1.43 bits per heavy atom. The molecule has 0 bridgehead atoms. The lowest BCUT2D eigenvalue weighted by Gasteiger charge is -2.24. The molecule has 2 aromatic rings. The Kier molecular flexibility index (Phi) is 4.01. The number of amides is 1. The minimum absolute atomic E-state index is 0.0386. The van der Waals surface area contributed by atoms with Gasteiger partial charge in [-0.3, -0.25) is 9.69 Å². The maximum absolute atomic E-state index is 12.9. The first-order valence-corrected chi connectivity index (χ1v) is 7.75. The number of hydrogen-bond acceptors (Lipinski definition) is 4. The molecule has 1 aromatic heterocycles. The number of para-hydroxylation sites is 1. The highest BCUT2D eigenvalue weighted by molar-refractivity contribution is 7.14. The van der Waals surface area contributed by atoms with Crippen LogP contribution in [-0.4, -0.2) is 30.2 Å². The van der Waals surface area contributed by atoms with E-state index in [4.69, 9.17) is 4.74 Å². The monoisotopic (exact) mass is 342 g/mol. The van der Waals surface area contributed by atoms with Gasteiger partial charge < -0.3 is 4.74 Å². The van der Waals surface area contributed by atoms with Crippen molar-refractivity contribution < 1.29 is 22.7 Å². The molecule has 23 heavy (non-hydrogen) atoms. The lowest BCUT2D eigenvalue weighted by atomic mass is 10.00. The number of aryl methyl sites for hydroxylation is 1. The molecule has 0 saturated carbocycles. The average molecular weight is 342 g/mol. The van der Waals surface area contributed by atoms with Crippen LogP contribution in [0.3, 0.4) is 0 Å². The van der Waals surface area contributed by atoms with E-state index >= 15 is 0 Å². The zero-order valence-corrected chi connectivity index (χ0v) is 12.9. The van der Waals surface area contributed by atoms with E-state index in [1.807, 2.05) is 0 Å². The normalized spacial score (nSPS) is 16.8. The summed E-state index contributed by atoms with van der Waals surface area (Å²) in [5.74, 6) is -0.868. The Morgan fingerprint density at radius 2 is 2.17 bits per heavy atom. The van der Waals surface area contributed by atoms with Gasteiger partial charge >= 0.3 is 6.18 Å². The summed E-state index contributed by atoms with van der Waals surface area (Å²) in [6, 6.07) is 6.88. The molecule has 1 aliphatic heterocycles. The highest BCUT2D eigenvalue weighted by atomic mass is 32.1. The molecular formula is C15H13F3N2O2S. The largest absolute Gasteiger partial charge is 0.492 e. The summed E-state index contributed by atoms with van der Waals surface area (Å²) in [6.07, 6.45) is -4.51. The molecule has 0 spiro atoms. The van der Waals surface area contributed by atoms with Gasteiger partial charge in [-0.25, -0.2) is 4.98 Å². The van der Waals surface area contributed by atoms with Crippen molar-refractivity contribution in [2.24, 2.45) is 0 Å². The molecule has 0 unspecified atom stereocenters. The molecule has 3 rings (SSSR count). The number of thiazole rings is 1. The number of ether oxygens (including phenoxy) is 1. The molecule has 1 aromatic carbocycles. The van der Waals surface area contributed by atoms with E-state index in [-0.39, 0.29) is 11.7 Å². The van der Waals surface area contributed by atoms with Crippen molar-refractivity contribution in [3.8, 4) is 5.75 Å². The van der Waals surface area contributed by atoms with Crippen molar-refractivity contribution in [1.29, 1.82) is 0 Å². The third kappa shape index (κ3) is 3.31. The van der Waals surface area contributed by atoms with Gasteiger partial charge in [-0.15, -0.1) is 11.3 Å². The molecule has 1 amide bonds. The molecule has 8 heteroatoms. The van der Waals surface area contributed by atoms with Gasteiger partial charge in [0.15, 0.2) is 5.13 Å². The zero-order valence-electron chi connectivity index (χ0n) is 12.1. The number of benzene rings is 1. The molecule has 0 aliphatic carbocycles. The number of fused-ring (bicyclic) bond motifs is 1. The third-order valence-corrected chi connectivity index (χ3v) is 4.42. The fourth-order valence-electron chi connectivity index (χ4n) is 2.44. The number of aromatic nitrogens is 1. The number of hydrogen-bond donors (Lipinski definition) is 0. The molecule has 0 fully saturated rings. The second-order valence-electron chi connectivity index (χ2n) is 5.21. The second-order valence-corrected chi connectivity index (χ2v) is 6.05. The number of carbonyl (C=O) groups is 1. The number of carbonyl (C=O) groups excluding carboxylic acids is 1. The molecule has 1 aliphatic rings. The van der Waals surface area contributed by atoms with Gasteiger partial charge in [0.25, 0.3) is 0 Å². The van der Waals surface area contributed by atoms with E-state index in [1.165, 1.54) is 0 Å². The van der Waals surface area contributed by atoms with Crippen molar-refractivity contribution in [3.05, 3.63) is 40.9 Å². The maximum Gasteiger partial charge on any atom is 0.406 e. The highest BCUT2D eigenvalue weighted by Crippen LogP contribution is 2.36. The van der Waals surface area contributed by atoms with Gasteiger partial charge in [-0.2, -0.15) is 13.2 Å². The first-order valence-electron chi connectivity index (χ1n) is 6.87. The fourth-order valence-corrected chi connectivity index (χ4v) is 3.25. The van der Waals surface area contributed by atoms with E-state index in [2.05, 4.69) is 4.98 Å². The molecule has 0 N–H and O–H groups in total. The Morgan fingerprint density at radius 3 is 2.83 bits per heavy atom. The number of anilines is 1.